The molecule has 7 heteroatoms. The second kappa shape index (κ2) is 4.91. The van der Waals surface area contributed by atoms with Gasteiger partial charge in [-0.25, -0.2) is 14.2 Å². The SMILES string of the molecule is O=C1CCC(C(=O)Nc2c(F)cccc2F)=NN1. The molecule has 0 radical (unpaired) electrons. The zero-order chi connectivity index (χ0) is 13.1. The molecular formula is C11H9F2N3O2. The van der Waals surface area contributed by atoms with Crippen molar-refractivity contribution in [2.75, 3.05) is 5.32 Å². The van der Waals surface area contributed by atoms with Crippen LogP contribution in [-0.4, -0.2) is 17.5 Å². The molecule has 0 fully saturated rings. The Kier molecular flexibility index (Phi) is 3.31. The number of carbonyl (C=O) groups excluding carboxylic acids is 2. The van der Waals surface area contributed by atoms with Crippen LogP contribution < -0.4 is 10.7 Å². The molecule has 1 aliphatic heterocycles. The topological polar surface area (TPSA) is 70.6 Å². The van der Waals surface area contributed by atoms with E-state index in [1.54, 1.807) is 0 Å². The predicted octanol–water partition coefficient (Wildman–Crippen LogP) is 1.17. The molecule has 0 aromatic heterocycles. The highest BCUT2D eigenvalue weighted by Gasteiger charge is 2.20. The first-order valence-corrected chi connectivity index (χ1v) is 5.18. The summed E-state index contributed by atoms with van der Waals surface area (Å²) in [6.45, 7) is 0. The smallest absolute Gasteiger partial charge is 0.272 e. The second-order valence-electron chi connectivity index (χ2n) is 3.64. The summed E-state index contributed by atoms with van der Waals surface area (Å²) in [4.78, 5) is 22.5. The third-order valence-corrected chi connectivity index (χ3v) is 2.37. The standard InChI is InChI=1S/C11H9F2N3O2/c12-6-2-1-3-7(13)10(6)14-11(18)8-4-5-9(17)16-15-8/h1-3H,4-5H2,(H,14,18)(H,16,17). The van der Waals surface area contributed by atoms with E-state index < -0.39 is 23.2 Å². The highest BCUT2D eigenvalue weighted by molar-refractivity contribution is 6.43. The first-order valence-electron chi connectivity index (χ1n) is 5.18. The zero-order valence-electron chi connectivity index (χ0n) is 9.17. The van der Waals surface area contributed by atoms with Crippen LogP contribution in [0.25, 0.3) is 0 Å². The lowest BCUT2D eigenvalue weighted by molar-refractivity contribution is -0.121. The van der Waals surface area contributed by atoms with Gasteiger partial charge in [0.15, 0.2) is 0 Å². The van der Waals surface area contributed by atoms with Gasteiger partial charge in [-0.2, -0.15) is 5.10 Å². The van der Waals surface area contributed by atoms with Crippen LogP contribution >= 0.6 is 0 Å². The number of amides is 2. The Bertz CT molecular complexity index is 523. The van der Waals surface area contributed by atoms with Gasteiger partial charge in [0.25, 0.3) is 5.91 Å². The van der Waals surface area contributed by atoms with Crippen LogP contribution in [0.1, 0.15) is 12.8 Å². The van der Waals surface area contributed by atoms with Crippen molar-refractivity contribution in [1.82, 2.24) is 5.43 Å². The van der Waals surface area contributed by atoms with Crippen LogP contribution in [0, 0.1) is 11.6 Å². The first-order chi connectivity index (χ1) is 8.58. The minimum absolute atomic E-state index is 0.0252. The van der Waals surface area contributed by atoms with Gasteiger partial charge < -0.3 is 5.32 Å². The number of nitrogens with one attached hydrogen (secondary N) is 2. The highest BCUT2D eigenvalue weighted by Crippen LogP contribution is 2.18. The molecule has 0 atom stereocenters. The van der Waals surface area contributed by atoms with Crippen LogP contribution in [0.2, 0.25) is 0 Å². The molecule has 1 aliphatic rings. The summed E-state index contributed by atoms with van der Waals surface area (Å²) >= 11 is 0. The number of halogens is 2. The molecule has 0 bridgehead atoms. The van der Waals surface area contributed by atoms with Crippen molar-refractivity contribution in [3.05, 3.63) is 29.8 Å². The Morgan fingerprint density at radius 1 is 1.28 bits per heavy atom. The Morgan fingerprint density at radius 2 is 1.94 bits per heavy atom. The van der Waals surface area contributed by atoms with Crippen LogP contribution in [0.3, 0.4) is 0 Å². The number of para-hydroxylation sites is 1. The van der Waals surface area contributed by atoms with Crippen molar-refractivity contribution in [2.24, 2.45) is 5.10 Å². The Hall–Kier alpha value is -2.31. The molecule has 0 saturated heterocycles. The van der Waals surface area contributed by atoms with E-state index in [1.165, 1.54) is 6.07 Å². The number of carbonyl (C=O) groups is 2. The summed E-state index contributed by atoms with van der Waals surface area (Å²) in [6, 6.07) is 3.25. The van der Waals surface area contributed by atoms with Gasteiger partial charge in [0.1, 0.15) is 23.0 Å². The van der Waals surface area contributed by atoms with E-state index in [9.17, 15) is 18.4 Å². The third kappa shape index (κ3) is 2.50. The van der Waals surface area contributed by atoms with Crippen molar-refractivity contribution >= 4 is 23.2 Å². The Labute approximate surface area is 101 Å². The molecule has 2 N–H and O–H groups in total. The van der Waals surface area contributed by atoms with E-state index in [1.807, 2.05) is 0 Å². The summed E-state index contributed by atoms with van der Waals surface area (Å²) in [5.41, 5.74) is 1.63. The van der Waals surface area contributed by atoms with Crippen molar-refractivity contribution < 1.29 is 18.4 Å². The molecule has 1 aromatic carbocycles. The lowest BCUT2D eigenvalue weighted by Gasteiger charge is -2.12. The van der Waals surface area contributed by atoms with E-state index in [2.05, 4.69) is 15.8 Å². The molecule has 0 unspecified atom stereocenters. The van der Waals surface area contributed by atoms with Crippen LogP contribution in [-0.2, 0) is 9.59 Å². The quantitative estimate of drug-likeness (QED) is 0.830. The van der Waals surface area contributed by atoms with E-state index in [0.29, 0.717) is 0 Å². The number of hydrazone groups is 1. The highest BCUT2D eigenvalue weighted by atomic mass is 19.1. The summed E-state index contributed by atoms with van der Waals surface area (Å²) < 4.78 is 26.6. The minimum Gasteiger partial charge on any atom is -0.316 e. The molecular weight excluding hydrogens is 244 g/mol. The lowest BCUT2D eigenvalue weighted by Crippen LogP contribution is -2.33. The second-order valence-corrected chi connectivity index (χ2v) is 3.64. The van der Waals surface area contributed by atoms with Crippen LogP contribution in [0.5, 0.6) is 0 Å². The van der Waals surface area contributed by atoms with Gasteiger partial charge in [-0.1, -0.05) is 6.07 Å². The monoisotopic (exact) mass is 253 g/mol. The average molecular weight is 253 g/mol. The fraction of sp³-hybridized carbons (Fsp3) is 0.182. The molecule has 1 aromatic rings. The molecule has 2 rings (SSSR count). The molecule has 0 saturated carbocycles. The summed E-state index contributed by atoms with van der Waals surface area (Å²) in [7, 11) is 0. The Morgan fingerprint density at radius 3 is 2.50 bits per heavy atom. The van der Waals surface area contributed by atoms with Gasteiger partial charge in [0.05, 0.1) is 0 Å². The predicted molar refractivity (Wildman–Crippen MR) is 59.8 cm³/mol. The molecule has 18 heavy (non-hydrogen) atoms. The number of nitrogens with zero attached hydrogens (tertiary/aromatic N) is 1. The maximum Gasteiger partial charge on any atom is 0.272 e. The van der Waals surface area contributed by atoms with Gasteiger partial charge in [0.2, 0.25) is 5.91 Å². The van der Waals surface area contributed by atoms with Crippen LogP contribution in [0.15, 0.2) is 23.3 Å². The number of anilines is 1. The van der Waals surface area contributed by atoms with Crippen molar-refractivity contribution in [2.45, 2.75) is 12.8 Å². The van der Waals surface area contributed by atoms with Gasteiger partial charge in [-0.3, -0.25) is 9.59 Å². The molecule has 1 heterocycles. The average Bonchev–Trinajstić information content (AvgIpc) is 2.34. The van der Waals surface area contributed by atoms with E-state index in [4.69, 9.17) is 0 Å². The molecule has 5 nitrogen and oxygen atoms in total. The van der Waals surface area contributed by atoms with E-state index in [0.717, 1.165) is 12.1 Å². The van der Waals surface area contributed by atoms with E-state index in [-0.39, 0.29) is 24.5 Å². The van der Waals surface area contributed by atoms with Crippen molar-refractivity contribution in [3.8, 4) is 0 Å². The zero-order valence-corrected chi connectivity index (χ0v) is 9.17. The van der Waals surface area contributed by atoms with Gasteiger partial charge in [-0.15, -0.1) is 0 Å². The summed E-state index contributed by atoms with van der Waals surface area (Å²) in [5.74, 6) is -2.78. The fourth-order valence-corrected chi connectivity index (χ4v) is 1.44. The summed E-state index contributed by atoms with van der Waals surface area (Å²) in [6.07, 6.45) is 0.250. The molecule has 94 valence electrons. The number of rotatable bonds is 2. The number of hydrogen-bond acceptors (Lipinski definition) is 3. The van der Waals surface area contributed by atoms with Gasteiger partial charge >= 0.3 is 0 Å². The fourth-order valence-electron chi connectivity index (χ4n) is 1.44. The van der Waals surface area contributed by atoms with Crippen molar-refractivity contribution in [1.29, 1.82) is 0 Å². The van der Waals surface area contributed by atoms with E-state index >= 15 is 0 Å². The van der Waals surface area contributed by atoms with Gasteiger partial charge in [0, 0.05) is 12.8 Å². The third-order valence-electron chi connectivity index (χ3n) is 2.37. The largest absolute Gasteiger partial charge is 0.316 e. The maximum atomic E-state index is 13.3. The number of benzene rings is 1. The minimum atomic E-state index is -0.871. The molecule has 2 amide bonds. The first kappa shape index (κ1) is 12.2. The normalized spacial score (nSPS) is 14.8. The number of hydrogen-bond donors (Lipinski definition) is 2. The van der Waals surface area contributed by atoms with Crippen LogP contribution in [0.4, 0.5) is 14.5 Å². The molecule has 0 spiro atoms. The van der Waals surface area contributed by atoms with Gasteiger partial charge in [-0.05, 0) is 12.1 Å². The Balaban J connectivity index is 2.15. The maximum absolute atomic E-state index is 13.3. The molecule has 0 aliphatic carbocycles. The summed E-state index contributed by atoms with van der Waals surface area (Å²) in [5, 5.41) is 5.62. The van der Waals surface area contributed by atoms with Crippen molar-refractivity contribution in [3.63, 3.8) is 0 Å². The lowest BCUT2D eigenvalue weighted by atomic mass is 10.1.